The molecule has 2 aromatic rings. The number of benzene rings is 1. The van der Waals surface area contributed by atoms with Crippen LogP contribution >= 0.6 is 11.8 Å². The third-order valence-corrected chi connectivity index (χ3v) is 3.59. The van der Waals surface area contributed by atoms with Gasteiger partial charge in [-0.1, -0.05) is 30.0 Å². The summed E-state index contributed by atoms with van der Waals surface area (Å²) in [5.41, 5.74) is 1.00. The standard InChI is InChI=1S/C10H11N5S/c1-2-4-8(5-3-1)15-10(12-13-14-15)16-9-6-11-7-9/h1-5,9,11H,6-7H2. The molecule has 1 N–H and O–H groups in total. The van der Waals surface area contributed by atoms with Crippen LogP contribution in [0.2, 0.25) is 0 Å². The minimum Gasteiger partial charge on any atom is -0.314 e. The molecule has 0 radical (unpaired) electrons. The zero-order valence-corrected chi connectivity index (χ0v) is 9.39. The quantitative estimate of drug-likeness (QED) is 0.847. The number of nitrogens with one attached hydrogen (secondary N) is 1. The fourth-order valence-electron chi connectivity index (χ4n) is 1.48. The molecule has 1 aliphatic rings. The van der Waals surface area contributed by atoms with E-state index >= 15 is 0 Å². The van der Waals surface area contributed by atoms with E-state index in [1.54, 1.807) is 16.4 Å². The van der Waals surface area contributed by atoms with E-state index in [0.717, 1.165) is 23.9 Å². The molecule has 1 saturated heterocycles. The fourth-order valence-corrected chi connectivity index (χ4v) is 2.50. The molecule has 82 valence electrons. The highest BCUT2D eigenvalue weighted by Crippen LogP contribution is 2.24. The van der Waals surface area contributed by atoms with E-state index in [-0.39, 0.29) is 0 Å². The van der Waals surface area contributed by atoms with Crippen LogP contribution in [0.15, 0.2) is 35.5 Å². The molecule has 0 bridgehead atoms. The summed E-state index contributed by atoms with van der Waals surface area (Å²) < 4.78 is 1.78. The predicted molar refractivity (Wildman–Crippen MR) is 61.7 cm³/mol. The Hall–Kier alpha value is -1.40. The number of hydrogen-bond acceptors (Lipinski definition) is 5. The van der Waals surface area contributed by atoms with Crippen LogP contribution in [0, 0.1) is 0 Å². The molecule has 0 saturated carbocycles. The van der Waals surface area contributed by atoms with Crippen molar-refractivity contribution < 1.29 is 0 Å². The number of aromatic nitrogens is 4. The summed E-state index contributed by atoms with van der Waals surface area (Å²) in [5.74, 6) is 0. The monoisotopic (exact) mass is 233 g/mol. The van der Waals surface area contributed by atoms with E-state index < -0.39 is 0 Å². The average molecular weight is 233 g/mol. The van der Waals surface area contributed by atoms with Crippen molar-refractivity contribution in [3.63, 3.8) is 0 Å². The Bertz CT molecular complexity index is 465. The SMILES string of the molecule is c1ccc(-n2nnnc2SC2CNC2)cc1. The van der Waals surface area contributed by atoms with Gasteiger partial charge in [0.25, 0.3) is 0 Å². The molecule has 1 fully saturated rings. The van der Waals surface area contributed by atoms with Crippen LogP contribution in [-0.2, 0) is 0 Å². The molecule has 0 aliphatic carbocycles. The van der Waals surface area contributed by atoms with Gasteiger partial charge in [0.05, 0.1) is 5.69 Å². The van der Waals surface area contributed by atoms with Crippen molar-refractivity contribution in [2.45, 2.75) is 10.4 Å². The molecule has 1 aliphatic heterocycles. The van der Waals surface area contributed by atoms with Gasteiger partial charge in [0.15, 0.2) is 0 Å². The van der Waals surface area contributed by atoms with Crippen LogP contribution in [0.4, 0.5) is 0 Å². The molecule has 1 aromatic carbocycles. The number of rotatable bonds is 3. The van der Waals surface area contributed by atoms with E-state index in [4.69, 9.17) is 0 Å². The van der Waals surface area contributed by atoms with Gasteiger partial charge >= 0.3 is 0 Å². The first kappa shape index (κ1) is 9.80. The van der Waals surface area contributed by atoms with Crippen LogP contribution in [0.5, 0.6) is 0 Å². The number of thioether (sulfide) groups is 1. The van der Waals surface area contributed by atoms with Gasteiger partial charge in [0.1, 0.15) is 0 Å². The van der Waals surface area contributed by atoms with Gasteiger partial charge in [-0.2, -0.15) is 4.68 Å². The summed E-state index contributed by atoms with van der Waals surface area (Å²) in [6.07, 6.45) is 0. The largest absolute Gasteiger partial charge is 0.314 e. The number of hydrogen-bond donors (Lipinski definition) is 1. The Balaban J connectivity index is 1.87. The lowest BCUT2D eigenvalue weighted by atomic mass is 10.3. The van der Waals surface area contributed by atoms with Gasteiger partial charge in [-0.05, 0) is 22.6 Å². The average Bonchev–Trinajstić information content (AvgIpc) is 2.73. The third-order valence-electron chi connectivity index (χ3n) is 2.46. The molecule has 0 spiro atoms. The summed E-state index contributed by atoms with van der Waals surface area (Å²) >= 11 is 1.72. The molecule has 6 heteroatoms. The first-order valence-corrected chi connectivity index (χ1v) is 6.02. The summed E-state index contributed by atoms with van der Waals surface area (Å²) in [4.78, 5) is 0. The first-order valence-electron chi connectivity index (χ1n) is 5.14. The first-order chi connectivity index (χ1) is 7.93. The van der Waals surface area contributed by atoms with E-state index in [1.807, 2.05) is 30.3 Å². The third kappa shape index (κ3) is 1.81. The topological polar surface area (TPSA) is 55.6 Å². The van der Waals surface area contributed by atoms with Crippen molar-refractivity contribution in [1.82, 2.24) is 25.5 Å². The van der Waals surface area contributed by atoms with Crippen molar-refractivity contribution in [3.8, 4) is 5.69 Å². The Labute approximate surface area is 97.2 Å². The van der Waals surface area contributed by atoms with Crippen molar-refractivity contribution in [3.05, 3.63) is 30.3 Å². The molecular weight excluding hydrogens is 222 g/mol. The van der Waals surface area contributed by atoms with Gasteiger partial charge < -0.3 is 5.32 Å². The Morgan fingerprint density at radius 1 is 1.25 bits per heavy atom. The van der Waals surface area contributed by atoms with E-state index in [9.17, 15) is 0 Å². The van der Waals surface area contributed by atoms with Crippen molar-refractivity contribution in [1.29, 1.82) is 0 Å². The van der Waals surface area contributed by atoms with Gasteiger partial charge in [0.2, 0.25) is 5.16 Å². The Morgan fingerprint density at radius 2 is 2.06 bits per heavy atom. The molecule has 0 amide bonds. The molecule has 3 rings (SSSR count). The maximum absolute atomic E-state index is 4.05. The number of para-hydroxylation sites is 1. The minimum absolute atomic E-state index is 0.591. The second kappa shape index (κ2) is 4.23. The number of nitrogens with zero attached hydrogens (tertiary/aromatic N) is 4. The van der Waals surface area contributed by atoms with Gasteiger partial charge in [-0.15, -0.1) is 5.10 Å². The normalized spacial score (nSPS) is 16.0. The lowest BCUT2D eigenvalue weighted by Crippen LogP contribution is -2.44. The highest BCUT2D eigenvalue weighted by Gasteiger charge is 2.21. The lowest BCUT2D eigenvalue weighted by Gasteiger charge is -2.25. The van der Waals surface area contributed by atoms with Gasteiger partial charge in [0, 0.05) is 18.3 Å². The molecule has 0 atom stereocenters. The molecular formula is C10H11N5S. The molecule has 0 unspecified atom stereocenters. The zero-order chi connectivity index (χ0) is 10.8. The van der Waals surface area contributed by atoms with Crippen LogP contribution in [-0.4, -0.2) is 38.5 Å². The highest BCUT2D eigenvalue weighted by molar-refractivity contribution is 7.99. The summed E-state index contributed by atoms with van der Waals surface area (Å²) in [7, 11) is 0. The molecule has 1 aromatic heterocycles. The predicted octanol–water partition coefficient (Wildman–Crippen LogP) is 0.726. The van der Waals surface area contributed by atoms with Crippen LogP contribution < -0.4 is 5.32 Å². The molecule has 16 heavy (non-hydrogen) atoms. The Morgan fingerprint density at radius 3 is 2.75 bits per heavy atom. The van der Waals surface area contributed by atoms with Gasteiger partial charge in [-0.3, -0.25) is 0 Å². The summed E-state index contributed by atoms with van der Waals surface area (Å²) in [6.45, 7) is 2.07. The minimum atomic E-state index is 0.591. The van der Waals surface area contributed by atoms with Crippen molar-refractivity contribution in [2.75, 3.05) is 13.1 Å². The zero-order valence-electron chi connectivity index (χ0n) is 8.58. The van der Waals surface area contributed by atoms with E-state index in [1.165, 1.54) is 0 Å². The maximum Gasteiger partial charge on any atom is 0.214 e. The summed E-state index contributed by atoms with van der Waals surface area (Å²) in [5, 5.41) is 16.5. The van der Waals surface area contributed by atoms with Crippen LogP contribution in [0.3, 0.4) is 0 Å². The molecule has 2 heterocycles. The van der Waals surface area contributed by atoms with Gasteiger partial charge in [-0.25, -0.2) is 0 Å². The fraction of sp³-hybridized carbons (Fsp3) is 0.300. The second-order valence-corrected chi connectivity index (χ2v) is 4.87. The smallest absolute Gasteiger partial charge is 0.214 e. The van der Waals surface area contributed by atoms with Crippen LogP contribution in [0.25, 0.3) is 5.69 Å². The number of tetrazole rings is 1. The van der Waals surface area contributed by atoms with Crippen molar-refractivity contribution >= 4 is 11.8 Å². The lowest BCUT2D eigenvalue weighted by molar-refractivity contribution is 0.541. The van der Waals surface area contributed by atoms with E-state index in [0.29, 0.717) is 5.25 Å². The van der Waals surface area contributed by atoms with Crippen molar-refractivity contribution in [2.24, 2.45) is 0 Å². The van der Waals surface area contributed by atoms with E-state index in [2.05, 4.69) is 20.8 Å². The second-order valence-electron chi connectivity index (χ2n) is 3.61. The summed E-state index contributed by atoms with van der Waals surface area (Å²) in [6, 6.07) is 9.95. The Kier molecular flexibility index (Phi) is 2.59. The molecule has 5 nitrogen and oxygen atoms in total. The maximum atomic E-state index is 4.05. The van der Waals surface area contributed by atoms with Crippen LogP contribution in [0.1, 0.15) is 0 Å². The highest BCUT2D eigenvalue weighted by atomic mass is 32.2.